The van der Waals surface area contributed by atoms with Crippen molar-refractivity contribution in [3.8, 4) is 5.75 Å². The van der Waals surface area contributed by atoms with Gasteiger partial charge in [-0.2, -0.15) is 13.2 Å². The highest BCUT2D eigenvalue weighted by Gasteiger charge is 2.30. The minimum Gasteiger partial charge on any atom is -0.497 e. The van der Waals surface area contributed by atoms with E-state index in [4.69, 9.17) is 10.6 Å². The van der Waals surface area contributed by atoms with Crippen molar-refractivity contribution < 1.29 is 17.9 Å². The van der Waals surface area contributed by atoms with Gasteiger partial charge in [0, 0.05) is 12.2 Å². The maximum absolute atomic E-state index is 12.8. The molecule has 0 bridgehead atoms. The average Bonchev–Trinajstić information content (AvgIpc) is 3.00. The Morgan fingerprint density at radius 2 is 1.81 bits per heavy atom. The lowest BCUT2D eigenvalue weighted by Gasteiger charge is -2.08. The fourth-order valence-corrected chi connectivity index (χ4v) is 3.26. The van der Waals surface area contributed by atoms with Gasteiger partial charge in [0.15, 0.2) is 5.82 Å². The van der Waals surface area contributed by atoms with Gasteiger partial charge in [0.25, 0.3) is 0 Å². The number of hydrogen-bond donors (Lipinski definition) is 1. The van der Waals surface area contributed by atoms with Crippen LogP contribution in [-0.4, -0.2) is 22.0 Å². The fourth-order valence-electron chi connectivity index (χ4n) is 2.44. The van der Waals surface area contributed by atoms with Gasteiger partial charge in [0.2, 0.25) is 5.16 Å². The van der Waals surface area contributed by atoms with Gasteiger partial charge in [-0.1, -0.05) is 42.1 Å². The predicted molar refractivity (Wildman–Crippen MR) is 97.0 cm³/mol. The van der Waals surface area contributed by atoms with E-state index in [0.717, 1.165) is 23.4 Å². The molecule has 27 heavy (non-hydrogen) atoms. The number of nitrogens with zero attached hydrogens (tertiary/aromatic N) is 3. The minimum absolute atomic E-state index is 0.307. The summed E-state index contributed by atoms with van der Waals surface area (Å²) in [4.78, 5) is 0. The normalized spacial score (nSPS) is 11.6. The summed E-state index contributed by atoms with van der Waals surface area (Å²) in [7, 11) is 1.60. The number of nitrogens with two attached hydrogens (primary N) is 1. The third-order valence-electron chi connectivity index (χ3n) is 3.88. The Hall–Kier alpha value is -2.68. The van der Waals surface area contributed by atoms with Crippen LogP contribution < -0.4 is 10.6 Å². The van der Waals surface area contributed by atoms with Crippen LogP contribution in [0.5, 0.6) is 5.75 Å². The van der Waals surface area contributed by atoms with Crippen LogP contribution in [-0.2, 0) is 18.3 Å². The maximum atomic E-state index is 12.8. The maximum Gasteiger partial charge on any atom is 0.416 e. The number of thioether (sulfide) groups is 1. The van der Waals surface area contributed by atoms with E-state index >= 15 is 0 Å². The summed E-state index contributed by atoms with van der Waals surface area (Å²) in [5.41, 5.74) is 0.855. The average molecular weight is 394 g/mol. The highest BCUT2D eigenvalue weighted by Crippen LogP contribution is 2.31. The molecule has 1 heterocycles. The Bertz CT molecular complexity index is 910. The topological polar surface area (TPSA) is 66.0 Å². The highest BCUT2D eigenvalue weighted by molar-refractivity contribution is 7.98. The van der Waals surface area contributed by atoms with Gasteiger partial charge in [-0.15, -0.1) is 10.2 Å². The Morgan fingerprint density at radius 3 is 2.48 bits per heavy atom. The molecule has 0 aliphatic rings. The molecular formula is C18H17F3N4OS. The van der Waals surface area contributed by atoms with Gasteiger partial charge in [0.05, 0.1) is 12.7 Å². The lowest BCUT2D eigenvalue weighted by atomic mass is 10.1. The quantitative estimate of drug-likeness (QED) is 0.507. The zero-order valence-corrected chi connectivity index (χ0v) is 15.2. The molecule has 1 aromatic heterocycles. The first-order chi connectivity index (χ1) is 12.9. The highest BCUT2D eigenvalue weighted by atomic mass is 32.2. The first kappa shape index (κ1) is 19.1. The first-order valence-electron chi connectivity index (χ1n) is 7.98. The van der Waals surface area contributed by atoms with Crippen molar-refractivity contribution in [3.05, 3.63) is 71.0 Å². The molecule has 0 atom stereocenters. The number of rotatable bonds is 6. The number of ether oxygens (including phenoxy) is 1. The summed E-state index contributed by atoms with van der Waals surface area (Å²) in [6, 6.07) is 12.7. The molecular weight excluding hydrogens is 377 g/mol. The number of nitrogen functional groups attached to an aromatic ring is 1. The molecule has 0 fully saturated rings. The molecule has 3 aromatic rings. The zero-order valence-electron chi connectivity index (χ0n) is 14.4. The van der Waals surface area contributed by atoms with Crippen molar-refractivity contribution in [1.82, 2.24) is 14.9 Å². The molecule has 0 spiro atoms. The van der Waals surface area contributed by atoms with Crippen LogP contribution in [0.15, 0.2) is 53.7 Å². The Morgan fingerprint density at radius 1 is 1.07 bits per heavy atom. The second-order valence-electron chi connectivity index (χ2n) is 5.78. The van der Waals surface area contributed by atoms with E-state index in [1.54, 1.807) is 13.2 Å². The molecule has 0 aliphatic carbocycles. The van der Waals surface area contributed by atoms with Crippen LogP contribution in [0.1, 0.15) is 22.5 Å². The lowest BCUT2D eigenvalue weighted by molar-refractivity contribution is -0.137. The van der Waals surface area contributed by atoms with E-state index in [9.17, 15) is 13.2 Å². The molecule has 2 aromatic carbocycles. The molecule has 142 valence electrons. The van der Waals surface area contributed by atoms with Gasteiger partial charge >= 0.3 is 6.18 Å². The fraction of sp³-hybridized carbons (Fsp3) is 0.222. The van der Waals surface area contributed by atoms with E-state index < -0.39 is 11.7 Å². The van der Waals surface area contributed by atoms with E-state index in [-0.39, 0.29) is 0 Å². The molecule has 0 saturated carbocycles. The standard InChI is InChI=1S/C18H17F3N4OS/c1-26-15-7-5-12(6-8-15)10-16-23-24-17(25(16)22)27-11-13-3-2-4-14(9-13)18(19,20)21/h2-9H,10-11,22H2,1H3. The van der Waals surface area contributed by atoms with Crippen LogP contribution in [0.3, 0.4) is 0 Å². The number of benzene rings is 2. The first-order valence-corrected chi connectivity index (χ1v) is 8.96. The second-order valence-corrected chi connectivity index (χ2v) is 6.72. The summed E-state index contributed by atoms with van der Waals surface area (Å²) in [5.74, 6) is 7.66. The molecule has 3 rings (SSSR count). The van der Waals surface area contributed by atoms with Gasteiger partial charge in [-0.05, 0) is 29.3 Å². The van der Waals surface area contributed by atoms with Crippen molar-refractivity contribution in [2.24, 2.45) is 0 Å². The van der Waals surface area contributed by atoms with Crippen molar-refractivity contribution in [2.45, 2.75) is 23.5 Å². The molecule has 0 unspecified atom stereocenters. The lowest BCUT2D eigenvalue weighted by Crippen LogP contribution is -2.14. The molecule has 5 nitrogen and oxygen atoms in total. The van der Waals surface area contributed by atoms with Gasteiger partial charge in [-0.3, -0.25) is 0 Å². The molecule has 0 aliphatic heterocycles. The number of halogens is 3. The summed E-state index contributed by atoms with van der Waals surface area (Å²) < 4.78 is 44.9. The van der Waals surface area contributed by atoms with Crippen molar-refractivity contribution in [3.63, 3.8) is 0 Å². The van der Waals surface area contributed by atoms with E-state index in [2.05, 4.69) is 10.2 Å². The van der Waals surface area contributed by atoms with E-state index in [1.807, 2.05) is 24.3 Å². The number of alkyl halides is 3. The monoisotopic (exact) mass is 394 g/mol. The van der Waals surface area contributed by atoms with Crippen molar-refractivity contribution in [1.29, 1.82) is 0 Å². The summed E-state index contributed by atoms with van der Waals surface area (Å²) in [6.07, 6.45) is -3.88. The molecule has 9 heteroatoms. The molecule has 0 amide bonds. The predicted octanol–water partition coefficient (Wildman–Crippen LogP) is 3.90. The van der Waals surface area contributed by atoms with Crippen molar-refractivity contribution in [2.75, 3.05) is 13.0 Å². The molecule has 0 saturated heterocycles. The summed E-state index contributed by atoms with van der Waals surface area (Å²) in [5, 5.41) is 8.56. The largest absolute Gasteiger partial charge is 0.497 e. The number of methoxy groups -OCH3 is 1. The smallest absolute Gasteiger partial charge is 0.416 e. The summed E-state index contributed by atoms with van der Waals surface area (Å²) in [6.45, 7) is 0. The number of hydrogen-bond acceptors (Lipinski definition) is 5. The van der Waals surface area contributed by atoms with Crippen LogP contribution in [0.4, 0.5) is 13.2 Å². The van der Waals surface area contributed by atoms with Crippen LogP contribution >= 0.6 is 11.8 Å². The SMILES string of the molecule is COc1ccc(Cc2nnc(SCc3cccc(C(F)(F)F)c3)n2N)cc1. The zero-order chi connectivity index (χ0) is 19.4. The molecule has 0 radical (unpaired) electrons. The van der Waals surface area contributed by atoms with Gasteiger partial charge in [0.1, 0.15) is 5.75 Å². The van der Waals surface area contributed by atoms with E-state index in [1.165, 1.54) is 22.5 Å². The summed E-state index contributed by atoms with van der Waals surface area (Å²) >= 11 is 1.23. The Labute approximate surface area is 158 Å². The van der Waals surface area contributed by atoms with Gasteiger partial charge < -0.3 is 10.6 Å². The van der Waals surface area contributed by atoms with Crippen molar-refractivity contribution >= 4 is 11.8 Å². The van der Waals surface area contributed by atoms with E-state index in [0.29, 0.717) is 28.7 Å². The number of aromatic nitrogens is 3. The van der Waals surface area contributed by atoms with Gasteiger partial charge in [-0.25, -0.2) is 4.68 Å². The third-order valence-corrected chi connectivity index (χ3v) is 4.89. The third kappa shape index (κ3) is 4.73. The van der Waals surface area contributed by atoms with Crippen LogP contribution in [0, 0.1) is 0 Å². The molecule has 2 N–H and O–H groups in total. The second kappa shape index (κ2) is 7.91. The van der Waals surface area contributed by atoms with Crippen LogP contribution in [0.25, 0.3) is 0 Å². The Balaban J connectivity index is 1.67. The van der Waals surface area contributed by atoms with Crippen LogP contribution in [0.2, 0.25) is 0 Å². The minimum atomic E-state index is -4.36. The Kier molecular flexibility index (Phi) is 5.59.